The van der Waals surface area contributed by atoms with E-state index in [1.807, 2.05) is 0 Å². The molecule has 1 aliphatic carbocycles. The Morgan fingerprint density at radius 3 is 2.06 bits per heavy atom. The molecule has 0 amide bonds. The summed E-state index contributed by atoms with van der Waals surface area (Å²) in [7, 11) is 3.44. The number of nitrogens with zero attached hydrogens (tertiary/aromatic N) is 1. The van der Waals surface area contributed by atoms with Crippen LogP contribution in [-0.4, -0.2) is 45.0 Å². The molecule has 1 saturated heterocycles. The van der Waals surface area contributed by atoms with Gasteiger partial charge in [-0.3, -0.25) is 4.90 Å². The Morgan fingerprint density at radius 1 is 1.00 bits per heavy atom. The monoisotopic (exact) mass is 227 g/mol. The summed E-state index contributed by atoms with van der Waals surface area (Å²) < 4.78 is 10.5. The van der Waals surface area contributed by atoms with Crippen LogP contribution in [0.1, 0.15) is 38.5 Å². The molecule has 0 unspecified atom stereocenters. The van der Waals surface area contributed by atoms with E-state index in [0.29, 0.717) is 5.41 Å². The maximum Gasteiger partial charge on any atom is 0.169 e. The summed E-state index contributed by atoms with van der Waals surface area (Å²) >= 11 is 0. The lowest BCUT2D eigenvalue weighted by atomic mass is 9.77. The van der Waals surface area contributed by atoms with E-state index in [4.69, 9.17) is 9.47 Å². The topological polar surface area (TPSA) is 21.7 Å². The van der Waals surface area contributed by atoms with Crippen LogP contribution in [0.2, 0.25) is 0 Å². The van der Waals surface area contributed by atoms with Crippen LogP contribution in [0, 0.1) is 5.41 Å². The van der Waals surface area contributed by atoms with E-state index in [1.165, 1.54) is 51.6 Å². The molecule has 0 aromatic carbocycles. The molecule has 1 saturated carbocycles. The van der Waals surface area contributed by atoms with Crippen molar-refractivity contribution < 1.29 is 9.47 Å². The van der Waals surface area contributed by atoms with Crippen molar-refractivity contribution in [3.8, 4) is 0 Å². The van der Waals surface area contributed by atoms with Crippen molar-refractivity contribution in [2.75, 3.05) is 33.9 Å². The molecular weight excluding hydrogens is 202 g/mol. The molecule has 2 fully saturated rings. The van der Waals surface area contributed by atoms with Gasteiger partial charge in [-0.15, -0.1) is 0 Å². The van der Waals surface area contributed by atoms with Gasteiger partial charge in [-0.1, -0.05) is 12.8 Å². The first-order chi connectivity index (χ1) is 7.78. The third-order valence-electron chi connectivity index (χ3n) is 4.51. The van der Waals surface area contributed by atoms with Gasteiger partial charge in [0, 0.05) is 20.8 Å². The van der Waals surface area contributed by atoms with Gasteiger partial charge in [-0.05, 0) is 44.2 Å². The summed E-state index contributed by atoms with van der Waals surface area (Å²) in [5.74, 6) is 0. The van der Waals surface area contributed by atoms with E-state index in [2.05, 4.69) is 4.90 Å². The van der Waals surface area contributed by atoms with E-state index < -0.39 is 0 Å². The molecule has 2 rings (SSSR count). The zero-order chi connectivity index (χ0) is 11.4. The quantitative estimate of drug-likeness (QED) is 0.688. The first-order valence-electron chi connectivity index (χ1n) is 6.56. The molecule has 0 aromatic rings. The van der Waals surface area contributed by atoms with E-state index in [1.54, 1.807) is 14.2 Å². The highest BCUT2D eigenvalue weighted by Crippen LogP contribution is 2.46. The van der Waals surface area contributed by atoms with Crippen LogP contribution >= 0.6 is 0 Å². The number of likely N-dealkylation sites (tertiary alicyclic amines) is 1. The number of rotatable bonds is 4. The van der Waals surface area contributed by atoms with Gasteiger partial charge < -0.3 is 9.47 Å². The van der Waals surface area contributed by atoms with Crippen LogP contribution in [0.3, 0.4) is 0 Å². The van der Waals surface area contributed by atoms with Gasteiger partial charge in [0.2, 0.25) is 0 Å². The van der Waals surface area contributed by atoms with Gasteiger partial charge in [0.15, 0.2) is 6.29 Å². The molecule has 3 nitrogen and oxygen atoms in total. The molecule has 3 heteroatoms. The number of ether oxygens (including phenoxy) is 2. The molecular formula is C13H25NO2. The van der Waals surface area contributed by atoms with Crippen LogP contribution in [0.5, 0.6) is 0 Å². The number of hydrogen-bond donors (Lipinski definition) is 0. The van der Waals surface area contributed by atoms with Crippen LogP contribution in [-0.2, 0) is 9.47 Å². The lowest BCUT2D eigenvalue weighted by Gasteiger charge is -2.40. The van der Waals surface area contributed by atoms with Gasteiger partial charge >= 0.3 is 0 Å². The van der Waals surface area contributed by atoms with Crippen molar-refractivity contribution in [1.29, 1.82) is 0 Å². The fraction of sp³-hybridized carbons (Fsp3) is 1.00. The van der Waals surface area contributed by atoms with E-state index >= 15 is 0 Å². The average molecular weight is 227 g/mol. The Morgan fingerprint density at radius 2 is 1.56 bits per heavy atom. The largest absolute Gasteiger partial charge is 0.355 e. The Kier molecular flexibility index (Phi) is 4.22. The number of hydrogen-bond acceptors (Lipinski definition) is 3. The van der Waals surface area contributed by atoms with Gasteiger partial charge in [-0.25, -0.2) is 0 Å². The standard InChI is InChI=1S/C13H25NO2/c1-15-12(16-2)11-14-9-7-13(8-10-14)5-3-4-6-13/h12H,3-11H2,1-2H3. The third-order valence-corrected chi connectivity index (χ3v) is 4.51. The summed E-state index contributed by atoms with van der Waals surface area (Å²) in [5.41, 5.74) is 0.714. The van der Waals surface area contributed by atoms with Crippen molar-refractivity contribution in [3.63, 3.8) is 0 Å². The molecule has 1 heterocycles. The lowest BCUT2D eigenvalue weighted by Crippen LogP contribution is -2.43. The molecule has 16 heavy (non-hydrogen) atoms. The minimum absolute atomic E-state index is 0.0578. The molecule has 1 aliphatic heterocycles. The van der Waals surface area contributed by atoms with E-state index in [-0.39, 0.29) is 6.29 Å². The minimum Gasteiger partial charge on any atom is -0.355 e. The molecule has 0 radical (unpaired) electrons. The van der Waals surface area contributed by atoms with Gasteiger partial charge in [0.1, 0.15) is 0 Å². The molecule has 1 spiro atoms. The predicted molar refractivity (Wildman–Crippen MR) is 64.4 cm³/mol. The van der Waals surface area contributed by atoms with Crippen molar-refractivity contribution in [2.45, 2.75) is 44.8 Å². The van der Waals surface area contributed by atoms with E-state index in [9.17, 15) is 0 Å². The van der Waals surface area contributed by atoms with Gasteiger partial charge in [-0.2, -0.15) is 0 Å². The van der Waals surface area contributed by atoms with Crippen molar-refractivity contribution in [3.05, 3.63) is 0 Å². The minimum atomic E-state index is -0.0578. The molecule has 94 valence electrons. The maximum absolute atomic E-state index is 5.26. The van der Waals surface area contributed by atoms with Crippen LogP contribution in [0.4, 0.5) is 0 Å². The van der Waals surface area contributed by atoms with Gasteiger partial charge in [0.25, 0.3) is 0 Å². The summed E-state index contributed by atoms with van der Waals surface area (Å²) in [6, 6.07) is 0. The Bertz CT molecular complexity index is 200. The summed E-state index contributed by atoms with van der Waals surface area (Å²) in [5, 5.41) is 0. The van der Waals surface area contributed by atoms with E-state index in [0.717, 1.165) is 6.54 Å². The number of methoxy groups -OCH3 is 2. The highest BCUT2D eigenvalue weighted by molar-refractivity contribution is 4.89. The van der Waals surface area contributed by atoms with Crippen LogP contribution in [0.25, 0.3) is 0 Å². The Hall–Kier alpha value is -0.120. The molecule has 2 aliphatic rings. The van der Waals surface area contributed by atoms with Gasteiger partial charge in [0.05, 0.1) is 0 Å². The first kappa shape index (κ1) is 12.3. The smallest absolute Gasteiger partial charge is 0.169 e. The second-order valence-corrected chi connectivity index (χ2v) is 5.41. The summed E-state index contributed by atoms with van der Waals surface area (Å²) in [6.07, 6.45) is 8.56. The second kappa shape index (κ2) is 5.48. The summed E-state index contributed by atoms with van der Waals surface area (Å²) in [4.78, 5) is 2.49. The lowest BCUT2D eigenvalue weighted by molar-refractivity contribution is -0.120. The first-order valence-corrected chi connectivity index (χ1v) is 6.56. The molecule has 0 bridgehead atoms. The SMILES string of the molecule is COC(CN1CCC2(CCCC2)CC1)OC. The fourth-order valence-electron chi connectivity index (χ4n) is 3.29. The van der Waals surface area contributed by atoms with Crippen molar-refractivity contribution >= 4 is 0 Å². The highest BCUT2D eigenvalue weighted by Gasteiger charge is 2.37. The molecule has 0 N–H and O–H groups in total. The average Bonchev–Trinajstić information content (AvgIpc) is 2.77. The van der Waals surface area contributed by atoms with Crippen LogP contribution in [0.15, 0.2) is 0 Å². The number of piperidine rings is 1. The Labute approximate surface area is 99.1 Å². The highest BCUT2D eigenvalue weighted by atomic mass is 16.7. The predicted octanol–water partition coefficient (Wildman–Crippen LogP) is 2.26. The normalized spacial score (nSPS) is 25.7. The molecule has 0 aromatic heterocycles. The third kappa shape index (κ3) is 2.76. The zero-order valence-electron chi connectivity index (χ0n) is 10.7. The fourth-order valence-corrected chi connectivity index (χ4v) is 3.29. The van der Waals surface area contributed by atoms with Crippen molar-refractivity contribution in [1.82, 2.24) is 4.90 Å². The second-order valence-electron chi connectivity index (χ2n) is 5.41. The van der Waals surface area contributed by atoms with Crippen LogP contribution < -0.4 is 0 Å². The Balaban J connectivity index is 1.76. The summed E-state index contributed by atoms with van der Waals surface area (Å²) in [6.45, 7) is 3.37. The maximum atomic E-state index is 5.26. The molecule has 0 atom stereocenters. The van der Waals surface area contributed by atoms with Crippen molar-refractivity contribution in [2.24, 2.45) is 5.41 Å². The zero-order valence-corrected chi connectivity index (χ0v) is 10.7.